The number of morpholine rings is 1. The molecule has 0 radical (unpaired) electrons. The van der Waals surface area contributed by atoms with Crippen LogP contribution in [-0.4, -0.2) is 51.9 Å². The minimum atomic E-state index is -0.168. The second-order valence-corrected chi connectivity index (χ2v) is 5.81. The second kappa shape index (κ2) is 8.07. The van der Waals surface area contributed by atoms with E-state index < -0.39 is 0 Å². The summed E-state index contributed by atoms with van der Waals surface area (Å²) in [5.74, 6) is 1.37. The van der Waals surface area contributed by atoms with Crippen molar-refractivity contribution >= 4 is 5.91 Å². The van der Waals surface area contributed by atoms with Gasteiger partial charge in [-0.15, -0.1) is 10.2 Å². The Bertz CT molecular complexity index is 660. The monoisotopic (exact) mass is 333 g/mol. The normalized spacial score (nSPS) is 15.5. The lowest BCUT2D eigenvalue weighted by molar-refractivity contribution is 0.0313. The molecule has 1 amide bonds. The molecule has 0 bridgehead atoms. The summed E-state index contributed by atoms with van der Waals surface area (Å²) in [5, 5.41) is 10.8. The van der Waals surface area contributed by atoms with Gasteiger partial charge in [0.2, 0.25) is 0 Å². The van der Waals surface area contributed by atoms with E-state index >= 15 is 0 Å². The number of nitrogens with one attached hydrogen (secondary N) is 1. The molecule has 3 heterocycles. The second-order valence-electron chi connectivity index (χ2n) is 5.81. The number of furan rings is 1. The van der Waals surface area contributed by atoms with Crippen LogP contribution in [0.15, 0.2) is 23.1 Å². The number of carbonyl (C=O) groups excluding carboxylic acids is 1. The third kappa shape index (κ3) is 4.21. The van der Waals surface area contributed by atoms with Crippen molar-refractivity contribution in [1.82, 2.24) is 25.0 Å². The van der Waals surface area contributed by atoms with Gasteiger partial charge in [-0.3, -0.25) is 9.69 Å². The number of nitrogens with zero attached hydrogens (tertiary/aromatic N) is 4. The molecule has 0 aromatic carbocycles. The van der Waals surface area contributed by atoms with E-state index in [9.17, 15) is 4.79 Å². The summed E-state index contributed by atoms with van der Waals surface area (Å²) in [4.78, 5) is 14.5. The van der Waals surface area contributed by atoms with Crippen molar-refractivity contribution < 1.29 is 13.9 Å². The van der Waals surface area contributed by atoms with Crippen molar-refractivity contribution in [1.29, 1.82) is 0 Å². The van der Waals surface area contributed by atoms with Gasteiger partial charge in [-0.1, -0.05) is 6.92 Å². The zero-order valence-corrected chi connectivity index (χ0v) is 13.9. The van der Waals surface area contributed by atoms with E-state index in [0.717, 1.165) is 50.9 Å². The fraction of sp³-hybridized carbons (Fsp3) is 0.562. The van der Waals surface area contributed by atoms with Crippen LogP contribution in [0.1, 0.15) is 35.3 Å². The summed E-state index contributed by atoms with van der Waals surface area (Å²) in [7, 11) is 0. The number of hydrogen-bond acceptors (Lipinski definition) is 6. The molecule has 0 spiro atoms. The van der Waals surface area contributed by atoms with Crippen LogP contribution in [0.3, 0.4) is 0 Å². The molecular formula is C16H23N5O3. The van der Waals surface area contributed by atoms with Gasteiger partial charge in [0.15, 0.2) is 5.82 Å². The Kier molecular flexibility index (Phi) is 5.60. The first kappa shape index (κ1) is 16.7. The van der Waals surface area contributed by atoms with Crippen molar-refractivity contribution in [3.63, 3.8) is 0 Å². The topological polar surface area (TPSA) is 85.4 Å². The van der Waals surface area contributed by atoms with Gasteiger partial charge in [-0.25, -0.2) is 0 Å². The number of aryl methyl sites for hydroxylation is 1. The number of carbonyl (C=O) groups is 1. The molecule has 8 heteroatoms. The first-order valence-corrected chi connectivity index (χ1v) is 8.28. The Morgan fingerprint density at radius 1 is 1.38 bits per heavy atom. The smallest absolute Gasteiger partial charge is 0.254 e. The fourth-order valence-electron chi connectivity index (χ4n) is 2.67. The number of rotatable bonds is 7. The van der Waals surface area contributed by atoms with E-state index in [-0.39, 0.29) is 5.91 Å². The molecule has 1 aliphatic rings. The lowest BCUT2D eigenvalue weighted by Crippen LogP contribution is -2.35. The Balaban J connectivity index is 1.52. The van der Waals surface area contributed by atoms with Crippen LogP contribution in [0.25, 0.3) is 0 Å². The average molecular weight is 333 g/mol. The van der Waals surface area contributed by atoms with E-state index in [4.69, 9.17) is 9.15 Å². The van der Waals surface area contributed by atoms with Crippen molar-refractivity contribution in [2.75, 3.05) is 26.3 Å². The summed E-state index contributed by atoms with van der Waals surface area (Å²) in [6.07, 6.45) is 4.18. The third-order valence-electron chi connectivity index (χ3n) is 3.97. The van der Waals surface area contributed by atoms with E-state index in [1.54, 1.807) is 12.4 Å². The minimum absolute atomic E-state index is 0.168. The van der Waals surface area contributed by atoms with Crippen LogP contribution in [-0.2, 0) is 24.4 Å². The molecule has 3 rings (SSSR count). The highest BCUT2D eigenvalue weighted by Gasteiger charge is 2.15. The predicted molar refractivity (Wildman–Crippen MR) is 86.3 cm³/mol. The van der Waals surface area contributed by atoms with Gasteiger partial charge in [0, 0.05) is 19.6 Å². The van der Waals surface area contributed by atoms with Crippen LogP contribution in [0.2, 0.25) is 0 Å². The van der Waals surface area contributed by atoms with Crippen molar-refractivity contribution in [2.24, 2.45) is 0 Å². The number of hydrogen-bond donors (Lipinski definition) is 1. The van der Waals surface area contributed by atoms with Gasteiger partial charge in [-0.2, -0.15) is 0 Å². The van der Waals surface area contributed by atoms with Gasteiger partial charge in [0.25, 0.3) is 5.91 Å². The van der Waals surface area contributed by atoms with Crippen LogP contribution in [0.4, 0.5) is 0 Å². The molecule has 0 unspecified atom stereocenters. The molecule has 0 atom stereocenters. The summed E-state index contributed by atoms with van der Waals surface area (Å²) < 4.78 is 12.8. The molecule has 0 aliphatic carbocycles. The highest BCUT2D eigenvalue weighted by molar-refractivity contribution is 5.93. The lowest BCUT2D eigenvalue weighted by Gasteiger charge is -2.25. The van der Waals surface area contributed by atoms with Crippen LogP contribution in [0.5, 0.6) is 0 Å². The summed E-state index contributed by atoms with van der Waals surface area (Å²) in [6, 6.07) is 1.79. The quantitative estimate of drug-likeness (QED) is 0.815. The molecule has 2 aromatic heterocycles. The number of amides is 1. The maximum absolute atomic E-state index is 12.3. The highest BCUT2D eigenvalue weighted by Crippen LogP contribution is 2.12. The molecule has 1 saturated heterocycles. The Labute approximate surface area is 140 Å². The van der Waals surface area contributed by atoms with Crippen LogP contribution >= 0.6 is 0 Å². The van der Waals surface area contributed by atoms with Gasteiger partial charge in [0.1, 0.15) is 18.4 Å². The maximum Gasteiger partial charge on any atom is 0.254 e. The Morgan fingerprint density at radius 2 is 2.21 bits per heavy atom. The molecule has 0 saturated carbocycles. The van der Waals surface area contributed by atoms with Crippen molar-refractivity contribution in [3.05, 3.63) is 35.8 Å². The molecule has 1 fully saturated rings. The highest BCUT2D eigenvalue weighted by atomic mass is 16.5. The first-order chi connectivity index (χ1) is 11.8. The van der Waals surface area contributed by atoms with E-state index in [0.29, 0.717) is 18.7 Å². The summed E-state index contributed by atoms with van der Waals surface area (Å²) in [5.41, 5.74) is 0.528. The van der Waals surface area contributed by atoms with Gasteiger partial charge in [0.05, 0.1) is 31.9 Å². The molecule has 24 heavy (non-hydrogen) atoms. The van der Waals surface area contributed by atoms with E-state index in [1.165, 1.54) is 6.26 Å². The van der Waals surface area contributed by atoms with E-state index in [2.05, 4.69) is 27.3 Å². The summed E-state index contributed by atoms with van der Waals surface area (Å²) in [6.45, 7) is 7.23. The standard InChI is InChI=1S/C16H23N5O3/c1-2-3-21-12-18-19-15(21)9-17-16(22)13-8-14(24-11-13)10-20-4-6-23-7-5-20/h8,11-12H,2-7,9-10H2,1H3,(H,17,22). The van der Waals surface area contributed by atoms with Gasteiger partial charge >= 0.3 is 0 Å². The lowest BCUT2D eigenvalue weighted by atomic mass is 10.2. The van der Waals surface area contributed by atoms with Gasteiger partial charge in [-0.05, 0) is 12.5 Å². The molecule has 8 nitrogen and oxygen atoms in total. The Hall–Kier alpha value is -2.19. The van der Waals surface area contributed by atoms with Crippen molar-refractivity contribution in [3.8, 4) is 0 Å². The third-order valence-corrected chi connectivity index (χ3v) is 3.97. The van der Waals surface area contributed by atoms with Crippen molar-refractivity contribution in [2.45, 2.75) is 33.0 Å². The summed E-state index contributed by atoms with van der Waals surface area (Å²) >= 11 is 0. The van der Waals surface area contributed by atoms with Gasteiger partial charge < -0.3 is 19.0 Å². The SMILES string of the molecule is CCCn1cnnc1CNC(=O)c1coc(CN2CCOCC2)c1. The van der Waals surface area contributed by atoms with Crippen LogP contribution in [0, 0.1) is 0 Å². The molecular weight excluding hydrogens is 310 g/mol. The average Bonchev–Trinajstić information content (AvgIpc) is 3.24. The fourth-order valence-corrected chi connectivity index (χ4v) is 2.67. The largest absolute Gasteiger partial charge is 0.467 e. The predicted octanol–water partition coefficient (Wildman–Crippen LogP) is 1.04. The Morgan fingerprint density at radius 3 is 3.00 bits per heavy atom. The maximum atomic E-state index is 12.3. The number of ether oxygens (including phenoxy) is 1. The van der Waals surface area contributed by atoms with E-state index in [1.807, 2.05) is 4.57 Å². The minimum Gasteiger partial charge on any atom is -0.467 e. The molecule has 1 N–H and O–H groups in total. The molecule has 2 aromatic rings. The zero-order chi connectivity index (χ0) is 16.8. The molecule has 130 valence electrons. The zero-order valence-electron chi connectivity index (χ0n) is 13.9. The number of aromatic nitrogens is 3. The molecule has 1 aliphatic heterocycles. The van der Waals surface area contributed by atoms with Crippen LogP contribution < -0.4 is 5.32 Å². The first-order valence-electron chi connectivity index (χ1n) is 8.28.